The summed E-state index contributed by atoms with van der Waals surface area (Å²) in [6.45, 7) is 0.654. The van der Waals surface area contributed by atoms with E-state index in [9.17, 15) is 4.79 Å². The maximum Gasteiger partial charge on any atom is 0.239 e. The predicted molar refractivity (Wildman–Crippen MR) is 103 cm³/mol. The SMILES string of the molecule is NC(=O)[C@H](NCCc1ccc(Oc2ccccc2)cc1)c1ccccc1. The number of hydrogen-bond donors (Lipinski definition) is 2. The quantitative estimate of drug-likeness (QED) is 0.651. The molecule has 0 aliphatic heterocycles. The number of benzene rings is 3. The summed E-state index contributed by atoms with van der Waals surface area (Å²) in [6.07, 6.45) is 0.794. The normalized spacial score (nSPS) is 11.7. The Morgan fingerprint density at radius 1 is 0.846 bits per heavy atom. The van der Waals surface area contributed by atoms with Crippen LogP contribution in [0.5, 0.6) is 11.5 Å². The molecule has 3 rings (SSSR count). The second-order valence-corrected chi connectivity index (χ2v) is 6.01. The molecule has 3 N–H and O–H groups in total. The molecule has 0 aliphatic carbocycles. The smallest absolute Gasteiger partial charge is 0.239 e. The van der Waals surface area contributed by atoms with E-state index in [1.54, 1.807) is 0 Å². The minimum absolute atomic E-state index is 0.372. The highest BCUT2D eigenvalue weighted by Gasteiger charge is 2.16. The summed E-state index contributed by atoms with van der Waals surface area (Å²) in [5, 5.41) is 3.23. The fraction of sp³-hybridized carbons (Fsp3) is 0.136. The average molecular weight is 346 g/mol. The zero-order valence-corrected chi connectivity index (χ0v) is 14.5. The average Bonchev–Trinajstić information content (AvgIpc) is 2.68. The van der Waals surface area contributed by atoms with E-state index >= 15 is 0 Å². The van der Waals surface area contributed by atoms with Crippen LogP contribution >= 0.6 is 0 Å². The van der Waals surface area contributed by atoms with Crippen molar-refractivity contribution >= 4 is 5.91 Å². The van der Waals surface area contributed by atoms with E-state index in [2.05, 4.69) is 5.32 Å². The molecular formula is C22H22N2O2. The first-order valence-corrected chi connectivity index (χ1v) is 8.62. The zero-order valence-electron chi connectivity index (χ0n) is 14.5. The lowest BCUT2D eigenvalue weighted by molar-refractivity contribution is -0.120. The van der Waals surface area contributed by atoms with Crippen LogP contribution in [-0.2, 0) is 11.2 Å². The van der Waals surface area contributed by atoms with Crippen molar-refractivity contribution in [3.63, 3.8) is 0 Å². The van der Waals surface area contributed by atoms with E-state index in [0.717, 1.165) is 29.0 Å². The maximum atomic E-state index is 11.7. The van der Waals surface area contributed by atoms with Gasteiger partial charge in [0.25, 0.3) is 0 Å². The van der Waals surface area contributed by atoms with Crippen LogP contribution in [0.2, 0.25) is 0 Å². The highest BCUT2D eigenvalue weighted by atomic mass is 16.5. The number of nitrogens with two attached hydrogens (primary N) is 1. The second-order valence-electron chi connectivity index (χ2n) is 6.01. The van der Waals surface area contributed by atoms with Crippen LogP contribution in [0.3, 0.4) is 0 Å². The Balaban J connectivity index is 1.53. The third-order valence-electron chi connectivity index (χ3n) is 4.08. The summed E-state index contributed by atoms with van der Waals surface area (Å²) < 4.78 is 5.79. The monoisotopic (exact) mass is 346 g/mol. The molecule has 1 amide bonds. The van der Waals surface area contributed by atoms with Crippen molar-refractivity contribution in [2.24, 2.45) is 5.73 Å². The molecule has 0 fully saturated rings. The Kier molecular flexibility index (Phi) is 6.01. The Hall–Kier alpha value is -3.11. The van der Waals surface area contributed by atoms with Gasteiger partial charge >= 0.3 is 0 Å². The zero-order chi connectivity index (χ0) is 18.2. The third-order valence-corrected chi connectivity index (χ3v) is 4.08. The minimum atomic E-state index is -0.475. The Morgan fingerprint density at radius 3 is 2.04 bits per heavy atom. The molecule has 0 aromatic heterocycles. The van der Waals surface area contributed by atoms with Gasteiger partial charge in [-0.15, -0.1) is 0 Å². The Labute approximate surface area is 153 Å². The lowest BCUT2D eigenvalue weighted by atomic mass is 10.1. The molecule has 4 heteroatoms. The number of para-hydroxylation sites is 1. The first-order chi connectivity index (χ1) is 12.7. The maximum absolute atomic E-state index is 11.7. The summed E-state index contributed by atoms with van der Waals surface area (Å²) in [7, 11) is 0. The molecule has 0 heterocycles. The number of primary amides is 1. The van der Waals surface area contributed by atoms with E-state index in [4.69, 9.17) is 10.5 Å². The summed E-state index contributed by atoms with van der Waals surface area (Å²) in [6, 6.07) is 26.7. The Morgan fingerprint density at radius 2 is 1.42 bits per heavy atom. The van der Waals surface area contributed by atoms with Crippen LogP contribution in [0.25, 0.3) is 0 Å². The first-order valence-electron chi connectivity index (χ1n) is 8.62. The highest BCUT2D eigenvalue weighted by molar-refractivity contribution is 5.81. The summed E-state index contributed by atoms with van der Waals surface area (Å²) in [4.78, 5) is 11.7. The van der Waals surface area contributed by atoms with Gasteiger partial charge in [0.1, 0.15) is 17.5 Å². The van der Waals surface area contributed by atoms with Crippen LogP contribution < -0.4 is 15.8 Å². The number of carbonyl (C=O) groups excluding carboxylic acids is 1. The fourth-order valence-corrected chi connectivity index (χ4v) is 2.74. The molecule has 0 bridgehead atoms. The van der Waals surface area contributed by atoms with Gasteiger partial charge in [0.05, 0.1) is 0 Å². The van der Waals surface area contributed by atoms with Gasteiger partial charge in [-0.1, -0.05) is 60.7 Å². The van der Waals surface area contributed by atoms with E-state index in [-0.39, 0.29) is 5.91 Å². The molecule has 1 atom stereocenters. The van der Waals surface area contributed by atoms with Gasteiger partial charge in [0.15, 0.2) is 0 Å². The van der Waals surface area contributed by atoms with E-state index in [1.165, 1.54) is 0 Å². The topological polar surface area (TPSA) is 64.4 Å². The molecule has 0 aliphatic rings. The van der Waals surface area contributed by atoms with E-state index < -0.39 is 6.04 Å². The highest BCUT2D eigenvalue weighted by Crippen LogP contribution is 2.21. The summed E-state index contributed by atoms with van der Waals surface area (Å²) in [5.41, 5.74) is 7.57. The van der Waals surface area contributed by atoms with Crippen molar-refractivity contribution in [3.05, 3.63) is 96.1 Å². The van der Waals surface area contributed by atoms with Crippen molar-refractivity contribution in [1.29, 1.82) is 0 Å². The van der Waals surface area contributed by atoms with Gasteiger partial charge in [-0.05, 0) is 41.8 Å². The van der Waals surface area contributed by atoms with Crippen LogP contribution in [0.4, 0.5) is 0 Å². The second kappa shape index (κ2) is 8.83. The number of hydrogen-bond acceptors (Lipinski definition) is 3. The minimum Gasteiger partial charge on any atom is -0.457 e. The molecule has 0 spiro atoms. The van der Waals surface area contributed by atoms with Crippen molar-refractivity contribution in [2.75, 3.05) is 6.54 Å². The first kappa shape index (κ1) is 17.7. The lowest BCUT2D eigenvalue weighted by Crippen LogP contribution is -2.34. The molecule has 4 nitrogen and oxygen atoms in total. The van der Waals surface area contributed by atoms with Gasteiger partial charge < -0.3 is 15.8 Å². The van der Waals surface area contributed by atoms with Crippen molar-refractivity contribution in [3.8, 4) is 11.5 Å². The Bertz CT molecular complexity index is 818. The van der Waals surface area contributed by atoms with Crippen LogP contribution in [0.1, 0.15) is 17.2 Å². The van der Waals surface area contributed by atoms with Crippen LogP contribution in [0.15, 0.2) is 84.9 Å². The van der Waals surface area contributed by atoms with Gasteiger partial charge in [-0.3, -0.25) is 4.79 Å². The van der Waals surface area contributed by atoms with Gasteiger partial charge in [-0.25, -0.2) is 0 Å². The van der Waals surface area contributed by atoms with E-state index in [1.807, 2.05) is 84.9 Å². The molecule has 3 aromatic carbocycles. The largest absolute Gasteiger partial charge is 0.457 e. The molecular weight excluding hydrogens is 324 g/mol. The standard InChI is InChI=1S/C22H22N2O2/c23-22(25)21(18-7-3-1-4-8-18)24-16-15-17-11-13-20(14-12-17)26-19-9-5-2-6-10-19/h1-14,21,24H,15-16H2,(H2,23,25)/t21-/m1/s1. The van der Waals surface area contributed by atoms with E-state index in [0.29, 0.717) is 6.54 Å². The van der Waals surface area contributed by atoms with Crippen molar-refractivity contribution in [1.82, 2.24) is 5.32 Å². The predicted octanol–water partition coefficient (Wildman–Crippen LogP) is 3.84. The lowest BCUT2D eigenvalue weighted by Gasteiger charge is -2.16. The molecule has 0 saturated heterocycles. The summed E-state index contributed by atoms with van der Waals surface area (Å²) >= 11 is 0. The molecule has 3 aromatic rings. The van der Waals surface area contributed by atoms with Crippen LogP contribution in [-0.4, -0.2) is 12.5 Å². The fourth-order valence-electron chi connectivity index (χ4n) is 2.74. The molecule has 132 valence electrons. The van der Waals surface area contributed by atoms with Gasteiger partial charge in [0.2, 0.25) is 5.91 Å². The number of rotatable bonds is 8. The van der Waals surface area contributed by atoms with Crippen molar-refractivity contribution < 1.29 is 9.53 Å². The molecule has 0 saturated carbocycles. The number of amides is 1. The molecule has 0 unspecified atom stereocenters. The van der Waals surface area contributed by atoms with Gasteiger partial charge in [0, 0.05) is 6.54 Å². The summed E-state index contributed by atoms with van der Waals surface area (Å²) in [5.74, 6) is 1.24. The third kappa shape index (κ3) is 4.94. The van der Waals surface area contributed by atoms with Crippen molar-refractivity contribution in [2.45, 2.75) is 12.5 Å². The number of ether oxygens (including phenoxy) is 1. The van der Waals surface area contributed by atoms with Gasteiger partial charge in [-0.2, -0.15) is 0 Å². The molecule has 0 radical (unpaired) electrons. The molecule has 26 heavy (non-hydrogen) atoms. The number of carbonyl (C=O) groups is 1. The number of nitrogens with one attached hydrogen (secondary N) is 1. The van der Waals surface area contributed by atoms with Crippen LogP contribution in [0, 0.1) is 0 Å².